The number of rotatable bonds is 4. The molecule has 0 aromatic carbocycles. The molecule has 0 fully saturated rings. The second-order valence-electron chi connectivity index (χ2n) is 4.38. The number of fused-ring (bicyclic) bond motifs is 1. The fourth-order valence-electron chi connectivity index (χ4n) is 2.05. The molecule has 0 radical (unpaired) electrons. The van der Waals surface area contributed by atoms with E-state index in [1.165, 1.54) is 11.3 Å². The third-order valence-corrected chi connectivity index (χ3v) is 4.78. The van der Waals surface area contributed by atoms with Crippen LogP contribution in [0.4, 0.5) is 4.39 Å². The highest BCUT2D eigenvalue weighted by molar-refractivity contribution is 7.18. The summed E-state index contributed by atoms with van der Waals surface area (Å²) < 4.78 is 13.3. The molecule has 98 valence electrons. The number of pyridine rings is 1. The van der Waals surface area contributed by atoms with Gasteiger partial charge in [-0.25, -0.2) is 9.37 Å². The number of halogens is 2. The number of aliphatic hydroxyl groups is 1. The molecular formula is C13H15ClFNOS. The largest absolute Gasteiger partial charge is 0.384 e. The van der Waals surface area contributed by atoms with Crippen LogP contribution in [0.15, 0.2) is 12.3 Å². The first kappa shape index (κ1) is 13.7. The lowest BCUT2D eigenvalue weighted by Crippen LogP contribution is -2.22. The summed E-state index contributed by atoms with van der Waals surface area (Å²) in [5.74, 6) is -0.524. The highest BCUT2D eigenvalue weighted by Gasteiger charge is 2.29. The zero-order chi connectivity index (χ0) is 13.3. The molecule has 2 rings (SSSR count). The summed E-state index contributed by atoms with van der Waals surface area (Å²) in [4.78, 5) is 5.49. The van der Waals surface area contributed by atoms with Crippen LogP contribution in [-0.4, -0.2) is 10.1 Å². The molecule has 1 N–H and O–H groups in total. The van der Waals surface area contributed by atoms with Crippen molar-refractivity contribution in [1.82, 2.24) is 4.98 Å². The van der Waals surface area contributed by atoms with Crippen molar-refractivity contribution in [3.8, 4) is 0 Å². The van der Waals surface area contributed by atoms with Crippen molar-refractivity contribution in [2.75, 3.05) is 0 Å². The second kappa shape index (κ2) is 5.11. The Balaban J connectivity index is 2.56. The quantitative estimate of drug-likeness (QED) is 0.899. The Morgan fingerprint density at radius 2 is 2.22 bits per heavy atom. The van der Waals surface area contributed by atoms with Crippen molar-refractivity contribution in [3.63, 3.8) is 0 Å². The zero-order valence-corrected chi connectivity index (χ0v) is 11.9. The summed E-state index contributed by atoms with van der Waals surface area (Å²) in [6.45, 7) is 3.97. The van der Waals surface area contributed by atoms with E-state index in [1.807, 2.05) is 13.8 Å². The van der Waals surface area contributed by atoms with E-state index in [0.717, 1.165) is 17.5 Å². The Morgan fingerprint density at radius 3 is 2.83 bits per heavy atom. The van der Waals surface area contributed by atoms with Crippen LogP contribution in [0.25, 0.3) is 10.2 Å². The smallest absolute Gasteiger partial charge is 0.160 e. The van der Waals surface area contributed by atoms with Crippen LogP contribution >= 0.6 is 22.9 Å². The summed E-state index contributed by atoms with van der Waals surface area (Å²) in [5.41, 5.74) is -0.861. The highest BCUT2D eigenvalue weighted by Crippen LogP contribution is 2.39. The van der Waals surface area contributed by atoms with Gasteiger partial charge >= 0.3 is 0 Å². The third kappa shape index (κ3) is 2.25. The summed E-state index contributed by atoms with van der Waals surface area (Å²) in [7, 11) is 0. The monoisotopic (exact) mass is 287 g/mol. The Kier molecular flexibility index (Phi) is 3.90. The Morgan fingerprint density at radius 1 is 1.50 bits per heavy atom. The van der Waals surface area contributed by atoms with Gasteiger partial charge in [0.1, 0.15) is 4.83 Å². The van der Waals surface area contributed by atoms with E-state index in [1.54, 1.807) is 6.07 Å². The Hall–Kier alpha value is -0.710. The molecule has 2 nitrogen and oxygen atoms in total. The minimum atomic E-state index is -0.861. The van der Waals surface area contributed by atoms with Crippen molar-refractivity contribution in [3.05, 3.63) is 28.0 Å². The molecule has 2 heterocycles. The van der Waals surface area contributed by atoms with E-state index in [4.69, 9.17) is 11.6 Å². The van der Waals surface area contributed by atoms with Crippen molar-refractivity contribution in [1.29, 1.82) is 0 Å². The highest BCUT2D eigenvalue weighted by atomic mass is 35.5. The molecule has 0 saturated heterocycles. The molecule has 2 aromatic heterocycles. The topological polar surface area (TPSA) is 33.1 Å². The van der Waals surface area contributed by atoms with Gasteiger partial charge in [-0.05, 0) is 18.9 Å². The summed E-state index contributed by atoms with van der Waals surface area (Å²) in [5, 5.41) is 11.3. The van der Waals surface area contributed by atoms with Gasteiger partial charge in [-0.1, -0.05) is 31.9 Å². The predicted molar refractivity (Wildman–Crippen MR) is 73.7 cm³/mol. The summed E-state index contributed by atoms with van der Waals surface area (Å²) >= 11 is 7.30. The molecule has 0 bridgehead atoms. The van der Waals surface area contributed by atoms with Crippen LogP contribution < -0.4 is 0 Å². The fourth-order valence-corrected chi connectivity index (χ4v) is 3.50. The molecule has 0 amide bonds. The van der Waals surface area contributed by atoms with Crippen LogP contribution in [0, 0.1) is 5.82 Å². The number of hydrogen-bond donors (Lipinski definition) is 1. The first-order valence-electron chi connectivity index (χ1n) is 5.98. The van der Waals surface area contributed by atoms with Gasteiger partial charge in [-0.15, -0.1) is 11.3 Å². The first-order valence-corrected chi connectivity index (χ1v) is 7.17. The van der Waals surface area contributed by atoms with Gasteiger partial charge in [-0.2, -0.15) is 0 Å². The lowest BCUT2D eigenvalue weighted by Gasteiger charge is -2.24. The number of hydrogen-bond acceptors (Lipinski definition) is 3. The molecule has 18 heavy (non-hydrogen) atoms. The maximum Gasteiger partial charge on any atom is 0.160 e. The van der Waals surface area contributed by atoms with E-state index in [-0.39, 0.29) is 5.02 Å². The lowest BCUT2D eigenvalue weighted by atomic mass is 9.93. The molecule has 0 aliphatic rings. The van der Waals surface area contributed by atoms with Crippen LogP contribution in [-0.2, 0) is 5.60 Å². The molecule has 0 aliphatic carbocycles. The van der Waals surface area contributed by atoms with E-state index >= 15 is 0 Å². The minimum absolute atomic E-state index is 0.0810. The first-order chi connectivity index (χ1) is 8.51. The normalized spacial score (nSPS) is 14.9. The zero-order valence-electron chi connectivity index (χ0n) is 10.3. The van der Waals surface area contributed by atoms with Gasteiger partial charge < -0.3 is 5.11 Å². The van der Waals surface area contributed by atoms with Gasteiger partial charge in [-0.3, -0.25) is 0 Å². The number of thiophene rings is 1. The van der Waals surface area contributed by atoms with Gasteiger partial charge in [0.05, 0.1) is 16.8 Å². The average Bonchev–Trinajstić information content (AvgIpc) is 2.79. The Labute approximate surface area is 114 Å². The number of aromatic nitrogens is 1. The number of nitrogens with zero attached hydrogens (tertiary/aromatic N) is 1. The SMILES string of the molecule is CCCC(O)(CC)c1cc2c(Cl)c(F)cnc2s1. The maximum atomic E-state index is 13.3. The van der Waals surface area contributed by atoms with Crippen molar-refractivity contribution in [2.24, 2.45) is 0 Å². The van der Waals surface area contributed by atoms with E-state index < -0.39 is 11.4 Å². The summed E-state index contributed by atoms with van der Waals surface area (Å²) in [6, 6.07) is 1.76. The molecule has 0 aliphatic heterocycles. The molecule has 2 aromatic rings. The van der Waals surface area contributed by atoms with Gasteiger partial charge in [0.15, 0.2) is 5.82 Å². The molecule has 0 spiro atoms. The Bertz CT molecular complexity index is 571. The lowest BCUT2D eigenvalue weighted by molar-refractivity contribution is 0.0264. The summed E-state index contributed by atoms with van der Waals surface area (Å²) in [6.07, 6.45) is 3.30. The minimum Gasteiger partial charge on any atom is -0.384 e. The van der Waals surface area contributed by atoms with Crippen LogP contribution in [0.2, 0.25) is 5.02 Å². The van der Waals surface area contributed by atoms with Crippen molar-refractivity contribution < 1.29 is 9.50 Å². The standard InChI is InChI=1S/C13H15ClFNOS/c1-3-5-13(17,4-2)10-6-8-11(14)9(15)7-16-12(8)18-10/h6-7,17H,3-5H2,1-2H3. The van der Waals surface area contributed by atoms with E-state index in [9.17, 15) is 9.50 Å². The van der Waals surface area contributed by atoms with E-state index in [0.29, 0.717) is 23.1 Å². The second-order valence-corrected chi connectivity index (χ2v) is 5.79. The van der Waals surface area contributed by atoms with Gasteiger partial charge in [0.2, 0.25) is 0 Å². The molecule has 5 heteroatoms. The van der Waals surface area contributed by atoms with Crippen LogP contribution in [0.5, 0.6) is 0 Å². The van der Waals surface area contributed by atoms with Gasteiger partial charge in [0, 0.05) is 10.3 Å². The third-order valence-electron chi connectivity index (χ3n) is 3.16. The van der Waals surface area contributed by atoms with Gasteiger partial charge in [0.25, 0.3) is 0 Å². The molecule has 1 unspecified atom stereocenters. The average molecular weight is 288 g/mol. The van der Waals surface area contributed by atoms with E-state index in [2.05, 4.69) is 4.98 Å². The maximum absolute atomic E-state index is 13.3. The predicted octanol–water partition coefficient (Wildman–Crippen LogP) is 4.49. The van der Waals surface area contributed by atoms with Crippen LogP contribution in [0.1, 0.15) is 38.0 Å². The molecular weight excluding hydrogens is 273 g/mol. The van der Waals surface area contributed by atoms with Crippen molar-refractivity contribution >= 4 is 33.2 Å². The molecule has 1 atom stereocenters. The van der Waals surface area contributed by atoms with Crippen molar-refractivity contribution in [2.45, 2.75) is 38.7 Å². The van der Waals surface area contributed by atoms with Crippen LogP contribution in [0.3, 0.4) is 0 Å². The molecule has 0 saturated carbocycles. The fraction of sp³-hybridized carbons (Fsp3) is 0.462.